The van der Waals surface area contributed by atoms with E-state index in [4.69, 9.17) is 10.8 Å². The highest BCUT2D eigenvalue weighted by atomic mass is 16.3. The zero-order valence-corrected chi connectivity index (χ0v) is 6.07. The predicted octanol–water partition coefficient (Wildman–Crippen LogP) is -0.632. The summed E-state index contributed by atoms with van der Waals surface area (Å²) in [6.07, 6.45) is -0.120. The van der Waals surface area contributed by atoms with Crippen LogP contribution in [0.1, 0.15) is 11.8 Å². The highest BCUT2D eigenvalue weighted by Gasteiger charge is 2.16. The van der Waals surface area contributed by atoms with Crippen molar-refractivity contribution in [1.82, 2.24) is 4.98 Å². The van der Waals surface area contributed by atoms with E-state index in [1.807, 2.05) is 0 Å². The summed E-state index contributed by atoms with van der Waals surface area (Å²) >= 11 is 0. The van der Waals surface area contributed by atoms with Crippen LogP contribution in [0.5, 0.6) is 0 Å². The fourth-order valence-electron chi connectivity index (χ4n) is 0.864. The molecule has 0 amide bonds. The highest BCUT2D eigenvalue weighted by molar-refractivity contribution is 5.08. The van der Waals surface area contributed by atoms with Crippen molar-refractivity contribution in [2.75, 3.05) is 6.54 Å². The summed E-state index contributed by atoms with van der Waals surface area (Å²) in [5.74, 6) is 0. The van der Waals surface area contributed by atoms with Crippen LogP contribution >= 0.6 is 0 Å². The Morgan fingerprint density at radius 3 is 2.73 bits per heavy atom. The van der Waals surface area contributed by atoms with Crippen molar-refractivity contribution in [2.24, 2.45) is 5.73 Å². The third-order valence-corrected chi connectivity index (χ3v) is 1.55. The van der Waals surface area contributed by atoms with Crippen LogP contribution in [0.4, 0.5) is 0 Å². The second-order valence-corrected chi connectivity index (χ2v) is 2.37. The van der Waals surface area contributed by atoms with Crippen molar-refractivity contribution in [3.05, 3.63) is 24.0 Å². The molecule has 0 saturated heterocycles. The van der Waals surface area contributed by atoms with Gasteiger partial charge in [0.2, 0.25) is 0 Å². The van der Waals surface area contributed by atoms with Crippen LogP contribution in [0.25, 0.3) is 0 Å². The lowest BCUT2D eigenvalue weighted by atomic mass is 10.1. The number of nitrogens with two attached hydrogens (primary N) is 1. The first-order chi connectivity index (χ1) is 5.25. The zero-order chi connectivity index (χ0) is 8.27. The van der Waals surface area contributed by atoms with Crippen LogP contribution in [0, 0.1) is 0 Å². The molecule has 4 heteroatoms. The fraction of sp³-hybridized carbons (Fsp3) is 0.429. The molecule has 2 unspecified atom stereocenters. The van der Waals surface area contributed by atoms with Gasteiger partial charge in [0.15, 0.2) is 0 Å². The van der Waals surface area contributed by atoms with Gasteiger partial charge in [0.25, 0.3) is 0 Å². The molecule has 11 heavy (non-hydrogen) atoms. The summed E-state index contributed by atoms with van der Waals surface area (Å²) < 4.78 is 0. The minimum atomic E-state index is -0.907. The summed E-state index contributed by atoms with van der Waals surface area (Å²) in [5.41, 5.74) is 5.74. The van der Waals surface area contributed by atoms with Gasteiger partial charge >= 0.3 is 0 Å². The Bertz CT molecular complexity index is 198. The minimum Gasteiger partial charge on any atom is -0.389 e. The molecule has 0 spiro atoms. The quantitative estimate of drug-likeness (QED) is 0.470. The van der Waals surface area contributed by atoms with Crippen molar-refractivity contribution in [3.63, 3.8) is 0 Å². The van der Waals surface area contributed by atoms with Gasteiger partial charge in [0.05, 0.1) is 6.10 Å². The van der Waals surface area contributed by atoms with Crippen LogP contribution in [-0.2, 0) is 0 Å². The van der Waals surface area contributed by atoms with Gasteiger partial charge in [-0.25, -0.2) is 0 Å². The maximum absolute atomic E-state index is 9.32. The third-order valence-electron chi connectivity index (χ3n) is 1.55. The van der Waals surface area contributed by atoms with Crippen molar-refractivity contribution >= 4 is 0 Å². The number of H-pyrrole nitrogens is 1. The smallest absolute Gasteiger partial charge is 0.121 e. The predicted molar refractivity (Wildman–Crippen MR) is 40.8 cm³/mol. The third kappa shape index (κ3) is 1.80. The second kappa shape index (κ2) is 3.52. The van der Waals surface area contributed by atoms with Crippen molar-refractivity contribution in [1.29, 1.82) is 0 Å². The summed E-state index contributed by atoms with van der Waals surface area (Å²) in [5, 5.41) is 18.4. The monoisotopic (exact) mass is 156 g/mol. The van der Waals surface area contributed by atoms with E-state index < -0.39 is 12.2 Å². The molecule has 0 radical (unpaired) electrons. The topological polar surface area (TPSA) is 82.3 Å². The van der Waals surface area contributed by atoms with Crippen LogP contribution < -0.4 is 5.73 Å². The SMILES string of the molecule is NCC(O)C(O)c1ccc[nH]1. The maximum Gasteiger partial charge on any atom is 0.121 e. The number of nitrogens with one attached hydrogen (secondary N) is 1. The van der Waals surface area contributed by atoms with Crippen LogP contribution in [-0.4, -0.2) is 27.8 Å². The van der Waals surface area contributed by atoms with E-state index in [9.17, 15) is 5.11 Å². The lowest BCUT2D eigenvalue weighted by Crippen LogP contribution is -2.27. The molecule has 1 heterocycles. The van der Waals surface area contributed by atoms with Gasteiger partial charge in [0.1, 0.15) is 6.10 Å². The van der Waals surface area contributed by atoms with E-state index in [0.29, 0.717) is 5.69 Å². The van der Waals surface area contributed by atoms with Gasteiger partial charge < -0.3 is 20.9 Å². The first-order valence-corrected chi connectivity index (χ1v) is 3.45. The largest absolute Gasteiger partial charge is 0.389 e. The molecule has 4 nitrogen and oxygen atoms in total. The molecular formula is C7H12N2O2. The molecular weight excluding hydrogens is 144 g/mol. The number of aliphatic hydroxyl groups is 2. The van der Waals surface area contributed by atoms with Gasteiger partial charge in [-0.3, -0.25) is 0 Å². The molecule has 0 bridgehead atoms. The summed E-state index contributed by atoms with van der Waals surface area (Å²) in [7, 11) is 0. The molecule has 62 valence electrons. The van der Waals surface area contributed by atoms with Gasteiger partial charge in [-0.2, -0.15) is 0 Å². The van der Waals surface area contributed by atoms with E-state index in [1.54, 1.807) is 18.3 Å². The minimum absolute atomic E-state index is 0.0557. The first kappa shape index (κ1) is 8.26. The second-order valence-electron chi connectivity index (χ2n) is 2.37. The molecule has 5 N–H and O–H groups in total. The van der Waals surface area contributed by atoms with Gasteiger partial charge in [-0.15, -0.1) is 0 Å². The number of aromatic amines is 1. The van der Waals surface area contributed by atoms with E-state index in [1.165, 1.54) is 0 Å². The highest BCUT2D eigenvalue weighted by Crippen LogP contribution is 2.12. The number of aromatic nitrogens is 1. The van der Waals surface area contributed by atoms with Gasteiger partial charge in [0, 0.05) is 18.4 Å². The molecule has 1 rings (SSSR count). The Labute approximate surface area is 64.7 Å². The fourth-order valence-corrected chi connectivity index (χ4v) is 0.864. The van der Waals surface area contributed by atoms with E-state index in [-0.39, 0.29) is 6.54 Å². The van der Waals surface area contributed by atoms with Crippen molar-refractivity contribution in [3.8, 4) is 0 Å². The molecule has 0 aromatic carbocycles. The molecule has 1 aromatic heterocycles. The summed E-state index contributed by atoms with van der Waals surface area (Å²) in [4.78, 5) is 2.79. The van der Waals surface area contributed by atoms with Crippen LogP contribution in [0.3, 0.4) is 0 Å². The molecule has 0 saturated carbocycles. The standard InChI is InChI=1S/C7H12N2O2/c8-4-6(10)7(11)5-2-1-3-9-5/h1-3,6-7,9-11H,4,8H2. The zero-order valence-electron chi connectivity index (χ0n) is 6.07. The lowest BCUT2D eigenvalue weighted by molar-refractivity contribution is 0.0220. The molecule has 0 aliphatic carbocycles. The summed E-state index contributed by atoms with van der Waals surface area (Å²) in [6.45, 7) is 0.0557. The molecule has 0 aliphatic rings. The normalized spacial score (nSPS) is 16.3. The number of aliphatic hydroxyl groups excluding tert-OH is 2. The van der Waals surface area contributed by atoms with Crippen molar-refractivity contribution in [2.45, 2.75) is 12.2 Å². The van der Waals surface area contributed by atoms with Crippen LogP contribution in [0.15, 0.2) is 18.3 Å². The molecule has 1 aromatic rings. The first-order valence-electron chi connectivity index (χ1n) is 3.45. The number of rotatable bonds is 3. The van der Waals surface area contributed by atoms with E-state index in [2.05, 4.69) is 4.98 Å². The summed E-state index contributed by atoms with van der Waals surface area (Å²) in [6, 6.07) is 3.45. The lowest BCUT2D eigenvalue weighted by Gasteiger charge is -2.13. The maximum atomic E-state index is 9.32. The average Bonchev–Trinajstić information content (AvgIpc) is 2.53. The molecule has 0 aliphatic heterocycles. The Morgan fingerprint density at radius 1 is 1.55 bits per heavy atom. The van der Waals surface area contributed by atoms with Crippen LogP contribution in [0.2, 0.25) is 0 Å². The Hall–Kier alpha value is -0.840. The van der Waals surface area contributed by atoms with Crippen molar-refractivity contribution < 1.29 is 10.2 Å². The van der Waals surface area contributed by atoms with Gasteiger partial charge in [-0.1, -0.05) is 0 Å². The Balaban J connectivity index is 2.62. The average molecular weight is 156 g/mol. The Kier molecular flexibility index (Phi) is 2.64. The number of hydrogen-bond acceptors (Lipinski definition) is 3. The van der Waals surface area contributed by atoms with E-state index >= 15 is 0 Å². The van der Waals surface area contributed by atoms with Gasteiger partial charge in [-0.05, 0) is 12.1 Å². The Morgan fingerprint density at radius 2 is 2.27 bits per heavy atom. The molecule has 2 atom stereocenters. The van der Waals surface area contributed by atoms with E-state index in [0.717, 1.165) is 0 Å². The molecule has 0 fully saturated rings. The number of hydrogen-bond donors (Lipinski definition) is 4.